The number of aryl methyl sites for hydroxylation is 2. The van der Waals surface area contributed by atoms with Gasteiger partial charge in [-0.15, -0.1) is 0 Å². The first-order valence-corrected chi connectivity index (χ1v) is 11.4. The first-order chi connectivity index (χ1) is 16.9. The molecule has 0 spiro atoms. The maximum Gasteiger partial charge on any atom is 0.223 e. The third kappa shape index (κ3) is 4.58. The lowest BCUT2D eigenvalue weighted by Crippen LogP contribution is -2.31. The molecule has 1 N–H and O–H groups in total. The third-order valence-corrected chi connectivity index (χ3v) is 6.31. The summed E-state index contributed by atoms with van der Waals surface area (Å²) in [4.78, 5) is 22.5. The molecule has 0 radical (unpaired) electrons. The van der Waals surface area contributed by atoms with E-state index in [-0.39, 0.29) is 0 Å². The summed E-state index contributed by atoms with van der Waals surface area (Å²) in [5, 5.41) is 12.4. The summed E-state index contributed by atoms with van der Waals surface area (Å²) < 4.78 is 7.88. The zero-order valence-electron chi connectivity index (χ0n) is 20.2. The fourth-order valence-corrected chi connectivity index (χ4v) is 4.23. The molecule has 1 saturated heterocycles. The molecule has 0 amide bonds. The predicted octanol–water partition coefficient (Wildman–Crippen LogP) is 3.61. The van der Waals surface area contributed by atoms with Gasteiger partial charge in [-0.1, -0.05) is 0 Å². The average Bonchev–Trinajstić information content (AvgIpc) is 3.49. The molecule has 0 aromatic carbocycles. The molecule has 178 valence electrons. The maximum atomic E-state index is 9.06. The minimum absolute atomic E-state index is 0.341. The van der Waals surface area contributed by atoms with Crippen LogP contribution in [0.15, 0.2) is 43.0 Å². The monoisotopic (exact) mass is 469 g/mol. The van der Waals surface area contributed by atoms with Crippen molar-refractivity contribution in [2.24, 2.45) is 7.05 Å². The molecule has 1 aliphatic heterocycles. The van der Waals surface area contributed by atoms with E-state index in [1.807, 2.05) is 36.9 Å². The van der Waals surface area contributed by atoms with E-state index < -0.39 is 0 Å². The molecular weight excluding hydrogens is 442 g/mol. The van der Waals surface area contributed by atoms with Crippen molar-refractivity contribution < 1.29 is 4.74 Å². The average molecular weight is 470 g/mol. The number of nitriles is 1. The fraction of sp³-hybridized carbons (Fsp3) is 0.320. The van der Waals surface area contributed by atoms with E-state index >= 15 is 0 Å². The summed E-state index contributed by atoms with van der Waals surface area (Å²) in [5.41, 5.74) is 4.38. The third-order valence-electron chi connectivity index (χ3n) is 6.31. The van der Waals surface area contributed by atoms with Crippen molar-refractivity contribution in [3.8, 4) is 17.7 Å². The Balaban J connectivity index is 1.40. The van der Waals surface area contributed by atoms with Gasteiger partial charge in [-0.25, -0.2) is 15.0 Å². The van der Waals surface area contributed by atoms with Crippen LogP contribution in [0.1, 0.15) is 17.7 Å². The number of nitrogens with one attached hydrogen (secondary N) is 1. The van der Waals surface area contributed by atoms with Crippen LogP contribution in [-0.2, 0) is 7.05 Å². The normalized spacial score (nSPS) is 15.5. The first-order valence-electron chi connectivity index (χ1n) is 11.4. The molecular formula is C25H27N9O. The molecule has 10 heteroatoms. The van der Waals surface area contributed by atoms with E-state index in [4.69, 9.17) is 10.00 Å². The number of aromatic nitrogens is 5. The van der Waals surface area contributed by atoms with E-state index in [1.54, 1.807) is 18.5 Å². The van der Waals surface area contributed by atoms with Gasteiger partial charge in [0.05, 0.1) is 30.1 Å². The fourth-order valence-electron chi connectivity index (χ4n) is 4.23. The number of likely N-dealkylation sites (N-methyl/N-ethyl adjacent to an activating group) is 1. The Labute approximate surface area is 203 Å². The highest BCUT2D eigenvalue weighted by Crippen LogP contribution is 2.31. The summed E-state index contributed by atoms with van der Waals surface area (Å²) in [6.45, 7) is 3.90. The number of hydrogen-bond donors (Lipinski definition) is 1. The van der Waals surface area contributed by atoms with Gasteiger partial charge in [-0.2, -0.15) is 10.2 Å². The van der Waals surface area contributed by atoms with Crippen molar-refractivity contribution in [3.05, 3.63) is 54.2 Å². The highest BCUT2D eigenvalue weighted by atomic mass is 16.5. The number of anilines is 3. The van der Waals surface area contributed by atoms with Crippen molar-refractivity contribution in [1.29, 1.82) is 5.26 Å². The van der Waals surface area contributed by atoms with Gasteiger partial charge in [0.2, 0.25) is 5.88 Å². The smallest absolute Gasteiger partial charge is 0.223 e. The lowest BCUT2D eigenvalue weighted by atomic mass is 10.2. The highest BCUT2D eigenvalue weighted by Gasteiger charge is 2.24. The molecule has 5 rings (SSSR count). The number of pyridine rings is 3. The Kier molecular flexibility index (Phi) is 5.93. The van der Waals surface area contributed by atoms with Gasteiger partial charge in [0.25, 0.3) is 0 Å². The van der Waals surface area contributed by atoms with E-state index in [0.717, 1.165) is 36.4 Å². The van der Waals surface area contributed by atoms with E-state index in [1.165, 1.54) is 6.20 Å². The van der Waals surface area contributed by atoms with Crippen LogP contribution in [-0.4, -0.2) is 62.6 Å². The van der Waals surface area contributed by atoms with Gasteiger partial charge in [-0.3, -0.25) is 0 Å². The Hall–Kier alpha value is -4.23. The summed E-state index contributed by atoms with van der Waals surface area (Å²) in [6, 6.07) is 10.1. The molecule has 1 aliphatic rings. The molecule has 5 heterocycles. The quantitative estimate of drug-likeness (QED) is 0.453. The SMILES string of the molecule is Cc1cc(C#N)ncc1Oc1cc(Nc2ccc(N3CCC(N(C)C)C3)cn2)c2ncn(C)c2n1. The lowest BCUT2D eigenvalue weighted by Gasteiger charge is -2.21. The van der Waals surface area contributed by atoms with Crippen molar-refractivity contribution in [3.63, 3.8) is 0 Å². The second-order valence-electron chi connectivity index (χ2n) is 8.96. The van der Waals surface area contributed by atoms with Gasteiger partial charge < -0.3 is 24.4 Å². The largest absolute Gasteiger partial charge is 0.437 e. The van der Waals surface area contributed by atoms with Crippen LogP contribution in [0.5, 0.6) is 11.6 Å². The van der Waals surface area contributed by atoms with Crippen LogP contribution >= 0.6 is 0 Å². The summed E-state index contributed by atoms with van der Waals surface area (Å²) in [5.74, 6) is 1.63. The molecule has 0 bridgehead atoms. The van der Waals surface area contributed by atoms with Crippen molar-refractivity contribution >= 4 is 28.4 Å². The van der Waals surface area contributed by atoms with Gasteiger partial charge in [0.1, 0.15) is 23.1 Å². The van der Waals surface area contributed by atoms with Crippen molar-refractivity contribution in [2.45, 2.75) is 19.4 Å². The van der Waals surface area contributed by atoms with Gasteiger partial charge in [-0.05, 0) is 51.2 Å². The van der Waals surface area contributed by atoms with Gasteiger partial charge in [0, 0.05) is 32.2 Å². The molecule has 1 atom stereocenters. The first kappa shape index (κ1) is 22.6. The van der Waals surface area contributed by atoms with Crippen molar-refractivity contribution in [2.75, 3.05) is 37.4 Å². The second kappa shape index (κ2) is 9.19. The number of hydrogen-bond acceptors (Lipinski definition) is 9. The Bertz CT molecular complexity index is 1410. The maximum absolute atomic E-state index is 9.06. The molecule has 1 fully saturated rings. The van der Waals surface area contributed by atoms with Crippen molar-refractivity contribution in [1.82, 2.24) is 29.4 Å². The van der Waals surface area contributed by atoms with E-state index in [9.17, 15) is 0 Å². The zero-order chi connectivity index (χ0) is 24.5. The lowest BCUT2D eigenvalue weighted by molar-refractivity contribution is 0.315. The molecule has 10 nitrogen and oxygen atoms in total. The van der Waals surface area contributed by atoms with Crippen LogP contribution in [0.25, 0.3) is 11.2 Å². The minimum atomic E-state index is 0.341. The molecule has 4 aromatic rings. The topological polar surface area (TPSA) is 108 Å². The van der Waals surface area contributed by atoms with E-state index in [0.29, 0.717) is 40.3 Å². The summed E-state index contributed by atoms with van der Waals surface area (Å²) in [6.07, 6.45) is 6.31. The minimum Gasteiger partial charge on any atom is -0.437 e. The van der Waals surface area contributed by atoms with Crippen LogP contribution in [0.4, 0.5) is 17.2 Å². The Morgan fingerprint density at radius 3 is 2.71 bits per heavy atom. The van der Waals surface area contributed by atoms with Crippen LogP contribution in [0.3, 0.4) is 0 Å². The summed E-state index contributed by atoms with van der Waals surface area (Å²) in [7, 11) is 6.14. The molecule has 1 unspecified atom stereocenters. The standard InChI is InChI=1S/C25H27N9O/c1-16-9-17(11-26)27-13-21(16)35-23-10-20(24-25(31-23)33(4)15-29-24)30-22-6-5-18(12-28-22)34-8-7-19(14-34)32(2)3/h5-6,9-10,12-13,15,19H,7-8,14H2,1-4H3,(H,28,30,31). The highest BCUT2D eigenvalue weighted by molar-refractivity contribution is 5.88. The number of fused-ring (bicyclic) bond motifs is 1. The number of nitrogens with zero attached hydrogens (tertiary/aromatic N) is 8. The van der Waals surface area contributed by atoms with Gasteiger partial charge in [0.15, 0.2) is 11.4 Å². The molecule has 0 aliphatic carbocycles. The molecule has 4 aromatic heterocycles. The van der Waals surface area contributed by atoms with Crippen LogP contribution in [0, 0.1) is 18.3 Å². The second-order valence-corrected chi connectivity index (χ2v) is 8.96. The molecule has 35 heavy (non-hydrogen) atoms. The van der Waals surface area contributed by atoms with Crippen LogP contribution in [0.2, 0.25) is 0 Å². The molecule has 0 saturated carbocycles. The Morgan fingerprint density at radius 2 is 2.03 bits per heavy atom. The zero-order valence-corrected chi connectivity index (χ0v) is 20.2. The number of ether oxygens (including phenoxy) is 1. The number of imidazole rings is 1. The van der Waals surface area contributed by atoms with Crippen LogP contribution < -0.4 is 15.0 Å². The summed E-state index contributed by atoms with van der Waals surface area (Å²) >= 11 is 0. The van der Waals surface area contributed by atoms with E-state index in [2.05, 4.69) is 55.2 Å². The van der Waals surface area contributed by atoms with Gasteiger partial charge >= 0.3 is 0 Å². The number of rotatable bonds is 6. The Morgan fingerprint density at radius 1 is 1.17 bits per heavy atom. The predicted molar refractivity (Wildman–Crippen MR) is 134 cm³/mol.